The molecule has 0 amide bonds. The molecule has 2 saturated heterocycles. The first kappa shape index (κ1) is 13.4. The Balaban J connectivity index is 1.82. The molecule has 2 fully saturated rings. The van der Waals surface area contributed by atoms with E-state index in [4.69, 9.17) is 0 Å². The van der Waals surface area contributed by atoms with Crippen LogP contribution in [0.25, 0.3) is 0 Å². The summed E-state index contributed by atoms with van der Waals surface area (Å²) in [7, 11) is 1.83. The largest absolute Gasteiger partial charge is 0.477 e. The first-order chi connectivity index (χ1) is 9.58. The van der Waals surface area contributed by atoms with Gasteiger partial charge in [-0.15, -0.1) is 0 Å². The van der Waals surface area contributed by atoms with Crippen molar-refractivity contribution in [3.8, 4) is 0 Å². The van der Waals surface area contributed by atoms with Crippen molar-refractivity contribution in [3.05, 3.63) is 11.3 Å². The molecule has 0 saturated carbocycles. The van der Waals surface area contributed by atoms with Crippen molar-refractivity contribution in [1.29, 1.82) is 0 Å². The number of anilines is 1. The first-order valence-corrected chi connectivity index (χ1v) is 7.34. The van der Waals surface area contributed by atoms with E-state index in [-0.39, 0.29) is 0 Å². The lowest BCUT2D eigenvalue weighted by Crippen LogP contribution is -2.36. The van der Waals surface area contributed by atoms with Crippen LogP contribution in [0.2, 0.25) is 0 Å². The molecule has 2 aliphatic rings. The second kappa shape index (κ2) is 5.09. The van der Waals surface area contributed by atoms with Crippen molar-refractivity contribution in [1.82, 2.24) is 14.7 Å². The lowest BCUT2D eigenvalue weighted by Gasteiger charge is -2.24. The Hall–Kier alpha value is -1.56. The molecule has 0 spiro atoms. The van der Waals surface area contributed by atoms with Crippen LogP contribution in [0.15, 0.2) is 0 Å². The predicted molar refractivity (Wildman–Crippen MR) is 76.3 cm³/mol. The monoisotopic (exact) mass is 278 g/mol. The zero-order valence-electron chi connectivity index (χ0n) is 12.2. The predicted octanol–water partition coefficient (Wildman–Crippen LogP) is 1.10. The average Bonchev–Trinajstić information content (AvgIpc) is 3.07. The van der Waals surface area contributed by atoms with E-state index in [9.17, 15) is 9.90 Å². The number of likely N-dealkylation sites (tertiary alicyclic amines) is 1. The number of hydrogen-bond acceptors (Lipinski definition) is 4. The lowest BCUT2D eigenvalue weighted by molar-refractivity contribution is 0.0696. The Labute approximate surface area is 119 Å². The van der Waals surface area contributed by atoms with Crippen LogP contribution in [-0.4, -0.2) is 58.0 Å². The number of aromatic nitrogens is 2. The lowest BCUT2D eigenvalue weighted by atomic mass is 10.2. The summed E-state index contributed by atoms with van der Waals surface area (Å²) in [6.45, 7) is 5.98. The Bertz CT molecular complexity index is 519. The summed E-state index contributed by atoms with van der Waals surface area (Å²) in [6.07, 6.45) is 3.70. The smallest absolute Gasteiger partial charge is 0.341 e. The molecule has 0 aromatic carbocycles. The number of rotatable bonds is 3. The summed E-state index contributed by atoms with van der Waals surface area (Å²) in [5.41, 5.74) is 0.953. The molecule has 1 aromatic rings. The molecule has 110 valence electrons. The van der Waals surface area contributed by atoms with Gasteiger partial charge in [-0.3, -0.25) is 9.58 Å². The molecule has 2 aliphatic heterocycles. The van der Waals surface area contributed by atoms with E-state index in [0.29, 0.717) is 17.3 Å². The standard InChI is InChI=1S/C14H22N4O2/c1-10-12(14(19)20)13(16(2)15-10)18-8-5-11(9-18)17-6-3-4-7-17/h11H,3-9H2,1-2H3,(H,19,20). The van der Waals surface area contributed by atoms with E-state index in [0.717, 1.165) is 25.3 Å². The van der Waals surface area contributed by atoms with E-state index < -0.39 is 5.97 Å². The first-order valence-electron chi connectivity index (χ1n) is 7.34. The second-order valence-corrected chi connectivity index (χ2v) is 5.84. The third kappa shape index (κ3) is 2.18. The molecule has 3 heterocycles. The van der Waals surface area contributed by atoms with Gasteiger partial charge >= 0.3 is 5.97 Å². The van der Waals surface area contributed by atoms with E-state index in [1.54, 1.807) is 11.6 Å². The van der Waals surface area contributed by atoms with Gasteiger partial charge in [0.25, 0.3) is 0 Å². The van der Waals surface area contributed by atoms with Gasteiger partial charge in [-0.2, -0.15) is 5.10 Å². The van der Waals surface area contributed by atoms with Crippen molar-refractivity contribution in [2.75, 3.05) is 31.1 Å². The fourth-order valence-electron chi connectivity index (χ4n) is 3.60. The molecule has 20 heavy (non-hydrogen) atoms. The van der Waals surface area contributed by atoms with Gasteiger partial charge < -0.3 is 10.0 Å². The highest BCUT2D eigenvalue weighted by Crippen LogP contribution is 2.29. The average molecular weight is 278 g/mol. The highest BCUT2D eigenvalue weighted by molar-refractivity contribution is 5.95. The topological polar surface area (TPSA) is 61.6 Å². The minimum atomic E-state index is -0.879. The molecule has 0 aliphatic carbocycles. The van der Waals surface area contributed by atoms with Crippen molar-refractivity contribution < 1.29 is 9.90 Å². The van der Waals surface area contributed by atoms with E-state index in [2.05, 4.69) is 14.9 Å². The molecule has 1 aromatic heterocycles. The highest BCUT2D eigenvalue weighted by Gasteiger charge is 2.33. The van der Waals surface area contributed by atoms with Gasteiger partial charge in [-0.1, -0.05) is 0 Å². The van der Waals surface area contributed by atoms with Crippen LogP contribution in [0.4, 0.5) is 5.82 Å². The van der Waals surface area contributed by atoms with Crippen molar-refractivity contribution in [2.45, 2.75) is 32.2 Å². The van der Waals surface area contributed by atoms with Crippen LogP contribution in [0.1, 0.15) is 35.3 Å². The Kier molecular flexibility index (Phi) is 3.41. The van der Waals surface area contributed by atoms with E-state index >= 15 is 0 Å². The number of carboxylic acid groups (broad SMARTS) is 1. The molecule has 1 atom stereocenters. The van der Waals surface area contributed by atoms with E-state index in [1.165, 1.54) is 25.9 Å². The quantitative estimate of drug-likeness (QED) is 0.897. The van der Waals surface area contributed by atoms with Gasteiger partial charge in [0.1, 0.15) is 11.4 Å². The molecule has 3 rings (SSSR count). The van der Waals surface area contributed by atoms with Gasteiger partial charge in [0.2, 0.25) is 0 Å². The molecular weight excluding hydrogens is 256 g/mol. The van der Waals surface area contributed by atoms with Crippen molar-refractivity contribution in [3.63, 3.8) is 0 Å². The van der Waals surface area contributed by atoms with Gasteiger partial charge in [0, 0.05) is 26.2 Å². The maximum absolute atomic E-state index is 11.5. The van der Waals surface area contributed by atoms with Crippen LogP contribution in [0.3, 0.4) is 0 Å². The summed E-state index contributed by atoms with van der Waals surface area (Å²) in [4.78, 5) is 16.2. The van der Waals surface area contributed by atoms with Crippen LogP contribution >= 0.6 is 0 Å². The van der Waals surface area contributed by atoms with Crippen LogP contribution in [-0.2, 0) is 7.05 Å². The molecule has 0 radical (unpaired) electrons. The molecule has 6 nitrogen and oxygen atoms in total. The summed E-state index contributed by atoms with van der Waals surface area (Å²) in [5, 5.41) is 13.7. The summed E-state index contributed by atoms with van der Waals surface area (Å²) in [6, 6.07) is 0.564. The van der Waals surface area contributed by atoms with Crippen molar-refractivity contribution >= 4 is 11.8 Å². The zero-order valence-corrected chi connectivity index (χ0v) is 12.2. The Morgan fingerprint density at radius 2 is 2.00 bits per heavy atom. The molecule has 0 bridgehead atoms. The fraction of sp³-hybridized carbons (Fsp3) is 0.714. The second-order valence-electron chi connectivity index (χ2n) is 5.84. The third-order valence-corrected chi connectivity index (χ3v) is 4.53. The summed E-state index contributed by atoms with van der Waals surface area (Å²) >= 11 is 0. The van der Waals surface area contributed by atoms with E-state index in [1.807, 2.05) is 7.05 Å². The third-order valence-electron chi connectivity index (χ3n) is 4.53. The molecule has 6 heteroatoms. The number of aromatic carboxylic acids is 1. The molecule has 1 N–H and O–H groups in total. The maximum atomic E-state index is 11.5. The zero-order chi connectivity index (χ0) is 14.3. The minimum absolute atomic E-state index is 0.356. The Morgan fingerprint density at radius 1 is 1.30 bits per heavy atom. The molecular formula is C14H22N4O2. The summed E-state index contributed by atoms with van der Waals surface area (Å²) in [5.74, 6) is -0.119. The number of aryl methyl sites for hydroxylation is 2. The van der Waals surface area contributed by atoms with Crippen LogP contribution < -0.4 is 4.90 Å². The SMILES string of the molecule is Cc1nn(C)c(N2CCC(N3CCCC3)C2)c1C(=O)O. The van der Waals surface area contributed by atoms with Crippen LogP contribution in [0.5, 0.6) is 0 Å². The minimum Gasteiger partial charge on any atom is -0.477 e. The number of hydrogen-bond donors (Lipinski definition) is 1. The van der Waals surface area contributed by atoms with Gasteiger partial charge in [0.15, 0.2) is 0 Å². The van der Waals surface area contributed by atoms with Gasteiger partial charge in [0.05, 0.1) is 5.69 Å². The number of carbonyl (C=O) groups is 1. The van der Waals surface area contributed by atoms with Gasteiger partial charge in [-0.25, -0.2) is 4.79 Å². The van der Waals surface area contributed by atoms with Crippen LogP contribution in [0, 0.1) is 6.92 Å². The number of nitrogens with zero attached hydrogens (tertiary/aromatic N) is 4. The molecule has 1 unspecified atom stereocenters. The summed E-state index contributed by atoms with van der Waals surface area (Å²) < 4.78 is 1.71. The highest BCUT2D eigenvalue weighted by atomic mass is 16.4. The normalized spacial score (nSPS) is 23.7. The van der Waals surface area contributed by atoms with Crippen molar-refractivity contribution in [2.24, 2.45) is 7.05 Å². The number of carboxylic acids is 1. The fourth-order valence-corrected chi connectivity index (χ4v) is 3.60. The van der Waals surface area contributed by atoms with Gasteiger partial charge in [-0.05, 0) is 39.3 Å². The Morgan fingerprint density at radius 3 is 2.65 bits per heavy atom. The maximum Gasteiger partial charge on any atom is 0.341 e.